The van der Waals surface area contributed by atoms with Gasteiger partial charge in [0.05, 0.1) is 6.26 Å². The molecule has 0 fully saturated rings. The maximum absolute atomic E-state index is 12.2. The zero-order valence-electron chi connectivity index (χ0n) is 15.6. The fourth-order valence-corrected chi connectivity index (χ4v) is 3.46. The van der Waals surface area contributed by atoms with Gasteiger partial charge in [0.25, 0.3) is 5.91 Å². The van der Waals surface area contributed by atoms with Crippen LogP contribution in [-0.4, -0.2) is 28.1 Å². The standard InChI is InChI=1S/C20H22N4O3S/c1-14(13-16-9-6-12-27-16)21-17(25)10-5-11-18-23-24-20(28-18)19(26)22-15-7-3-2-4-8-15/h2-4,6-9,12,14H,5,10-11,13H2,1H3,(H,21,25)(H,22,26). The average Bonchev–Trinajstić information content (AvgIpc) is 3.34. The highest BCUT2D eigenvalue weighted by molar-refractivity contribution is 7.13. The second kappa shape index (κ2) is 9.80. The maximum Gasteiger partial charge on any atom is 0.286 e. The largest absolute Gasteiger partial charge is 0.469 e. The molecule has 28 heavy (non-hydrogen) atoms. The van der Waals surface area contributed by atoms with Crippen molar-refractivity contribution in [1.29, 1.82) is 0 Å². The molecule has 3 aromatic rings. The van der Waals surface area contributed by atoms with E-state index in [9.17, 15) is 9.59 Å². The summed E-state index contributed by atoms with van der Waals surface area (Å²) in [7, 11) is 0. The Hall–Kier alpha value is -3.00. The monoisotopic (exact) mass is 398 g/mol. The number of aryl methyl sites for hydroxylation is 1. The SMILES string of the molecule is CC(Cc1ccco1)NC(=O)CCCc1nnc(C(=O)Nc2ccccc2)s1. The van der Waals surface area contributed by atoms with E-state index in [0.717, 1.165) is 10.8 Å². The van der Waals surface area contributed by atoms with Crippen LogP contribution in [0, 0.1) is 0 Å². The molecule has 2 aromatic heterocycles. The first kappa shape index (κ1) is 19.8. The molecular formula is C20H22N4O3S. The summed E-state index contributed by atoms with van der Waals surface area (Å²) in [5, 5.41) is 14.8. The highest BCUT2D eigenvalue weighted by atomic mass is 32.1. The molecule has 1 atom stereocenters. The number of carbonyl (C=O) groups is 2. The second-order valence-electron chi connectivity index (χ2n) is 6.43. The first-order valence-corrected chi connectivity index (χ1v) is 9.92. The Morgan fingerprint density at radius 3 is 2.71 bits per heavy atom. The second-order valence-corrected chi connectivity index (χ2v) is 7.49. The lowest BCUT2D eigenvalue weighted by atomic mass is 10.1. The molecule has 0 aliphatic heterocycles. The van der Waals surface area contributed by atoms with Gasteiger partial charge in [-0.2, -0.15) is 0 Å². The Bertz CT molecular complexity index is 893. The quantitative estimate of drug-likeness (QED) is 0.575. The summed E-state index contributed by atoms with van der Waals surface area (Å²) in [5.41, 5.74) is 0.713. The number of anilines is 1. The fourth-order valence-electron chi connectivity index (χ4n) is 2.68. The lowest BCUT2D eigenvalue weighted by molar-refractivity contribution is -0.121. The lowest BCUT2D eigenvalue weighted by Crippen LogP contribution is -2.33. The molecule has 1 unspecified atom stereocenters. The number of carbonyl (C=O) groups excluding carboxylic acids is 2. The topological polar surface area (TPSA) is 97.1 Å². The molecule has 2 amide bonds. The zero-order valence-corrected chi connectivity index (χ0v) is 16.4. The van der Waals surface area contributed by atoms with Gasteiger partial charge in [0, 0.05) is 31.0 Å². The molecule has 0 spiro atoms. The zero-order chi connectivity index (χ0) is 19.8. The molecular weight excluding hydrogens is 376 g/mol. The molecule has 0 radical (unpaired) electrons. The molecule has 7 nitrogen and oxygen atoms in total. The van der Waals surface area contributed by atoms with Crippen LogP contribution >= 0.6 is 11.3 Å². The van der Waals surface area contributed by atoms with E-state index in [1.165, 1.54) is 11.3 Å². The van der Waals surface area contributed by atoms with Gasteiger partial charge in [-0.25, -0.2) is 0 Å². The molecule has 0 saturated heterocycles. The van der Waals surface area contributed by atoms with Crippen LogP contribution in [0.4, 0.5) is 5.69 Å². The summed E-state index contributed by atoms with van der Waals surface area (Å²) >= 11 is 1.25. The highest BCUT2D eigenvalue weighted by Gasteiger charge is 2.14. The molecule has 3 rings (SSSR count). The van der Waals surface area contributed by atoms with Gasteiger partial charge >= 0.3 is 0 Å². The highest BCUT2D eigenvalue weighted by Crippen LogP contribution is 2.15. The van der Waals surface area contributed by atoms with E-state index in [1.807, 2.05) is 49.4 Å². The van der Waals surface area contributed by atoms with Crippen molar-refractivity contribution >= 4 is 28.8 Å². The minimum absolute atomic E-state index is 0.00784. The Morgan fingerprint density at radius 1 is 1.14 bits per heavy atom. The smallest absolute Gasteiger partial charge is 0.286 e. The van der Waals surface area contributed by atoms with E-state index in [-0.39, 0.29) is 17.9 Å². The fraction of sp³-hybridized carbons (Fsp3) is 0.300. The van der Waals surface area contributed by atoms with Gasteiger partial charge in [0.1, 0.15) is 10.8 Å². The van der Waals surface area contributed by atoms with E-state index in [4.69, 9.17) is 4.42 Å². The number of para-hydroxylation sites is 1. The molecule has 0 aliphatic carbocycles. The third kappa shape index (κ3) is 6.02. The van der Waals surface area contributed by atoms with Crippen LogP contribution in [0.1, 0.15) is 40.3 Å². The lowest BCUT2D eigenvalue weighted by Gasteiger charge is -2.12. The van der Waals surface area contributed by atoms with Crippen molar-refractivity contribution in [1.82, 2.24) is 15.5 Å². The van der Waals surface area contributed by atoms with Crippen LogP contribution in [-0.2, 0) is 17.6 Å². The summed E-state index contributed by atoms with van der Waals surface area (Å²) in [5.74, 6) is 0.563. The van der Waals surface area contributed by atoms with Gasteiger partial charge in [-0.1, -0.05) is 29.5 Å². The van der Waals surface area contributed by atoms with Crippen LogP contribution in [0.5, 0.6) is 0 Å². The predicted molar refractivity (Wildman–Crippen MR) is 107 cm³/mol. The average molecular weight is 398 g/mol. The molecule has 0 bridgehead atoms. The number of hydrogen-bond acceptors (Lipinski definition) is 6. The normalized spacial score (nSPS) is 11.8. The van der Waals surface area contributed by atoms with Crippen LogP contribution < -0.4 is 10.6 Å². The van der Waals surface area contributed by atoms with E-state index in [0.29, 0.717) is 36.4 Å². The van der Waals surface area contributed by atoms with Gasteiger partial charge < -0.3 is 15.1 Å². The summed E-state index contributed by atoms with van der Waals surface area (Å²) in [4.78, 5) is 24.2. The Balaban J connectivity index is 1.39. The van der Waals surface area contributed by atoms with Crippen molar-refractivity contribution in [3.05, 3.63) is 64.5 Å². The molecule has 0 saturated carbocycles. The van der Waals surface area contributed by atoms with E-state index >= 15 is 0 Å². The third-order valence-electron chi connectivity index (χ3n) is 3.98. The number of benzene rings is 1. The van der Waals surface area contributed by atoms with E-state index in [2.05, 4.69) is 20.8 Å². The number of hydrogen-bond donors (Lipinski definition) is 2. The number of nitrogens with one attached hydrogen (secondary N) is 2. The molecule has 2 heterocycles. The van der Waals surface area contributed by atoms with Gasteiger partial charge in [0.2, 0.25) is 10.9 Å². The third-order valence-corrected chi connectivity index (χ3v) is 4.96. The Labute approximate surface area is 167 Å². The molecule has 0 aliphatic rings. The van der Waals surface area contributed by atoms with Crippen molar-refractivity contribution in [2.45, 2.75) is 38.6 Å². The Kier molecular flexibility index (Phi) is 6.91. The van der Waals surface area contributed by atoms with Crippen molar-refractivity contribution < 1.29 is 14.0 Å². The number of rotatable bonds is 9. The summed E-state index contributed by atoms with van der Waals surface area (Å²) in [6, 6.07) is 12.9. The van der Waals surface area contributed by atoms with Gasteiger partial charge in [-0.3, -0.25) is 9.59 Å². The van der Waals surface area contributed by atoms with Crippen molar-refractivity contribution in [3.63, 3.8) is 0 Å². The Morgan fingerprint density at radius 2 is 1.96 bits per heavy atom. The van der Waals surface area contributed by atoms with Crippen molar-refractivity contribution in [2.24, 2.45) is 0 Å². The first-order valence-electron chi connectivity index (χ1n) is 9.10. The van der Waals surface area contributed by atoms with E-state index < -0.39 is 0 Å². The minimum atomic E-state index is -0.278. The summed E-state index contributed by atoms with van der Waals surface area (Å²) in [6.07, 6.45) is 3.94. The van der Waals surface area contributed by atoms with Crippen molar-refractivity contribution in [3.8, 4) is 0 Å². The number of aromatic nitrogens is 2. The number of furan rings is 1. The van der Waals surface area contributed by atoms with E-state index in [1.54, 1.807) is 6.26 Å². The molecule has 146 valence electrons. The predicted octanol–water partition coefficient (Wildman–Crippen LogP) is 3.45. The maximum atomic E-state index is 12.2. The van der Waals surface area contributed by atoms with Gasteiger partial charge in [-0.05, 0) is 37.6 Å². The van der Waals surface area contributed by atoms with Crippen LogP contribution in [0.25, 0.3) is 0 Å². The first-order chi connectivity index (χ1) is 13.6. The van der Waals surface area contributed by atoms with Crippen molar-refractivity contribution in [2.75, 3.05) is 5.32 Å². The van der Waals surface area contributed by atoms with Crippen LogP contribution in [0.3, 0.4) is 0 Å². The number of amides is 2. The molecule has 8 heteroatoms. The van der Waals surface area contributed by atoms with Gasteiger partial charge in [-0.15, -0.1) is 10.2 Å². The van der Waals surface area contributed by atoms with Crippen LogP contribution in [0.15, 0.2) is 53.1 Å². The molecule has 1 aromatic carbocycles. The van der Waals surface area contributed by atoms with Crippen LogP contribution in [0.2, 0.25) is 0 Å². The van der Waals surface area contributed by atoms with Gasteiger partial charge in [0.15, 0.2) is 0 Å². The minimum Gasteiger partial charge on any atom is -0.469 e. The number of nitrogens with zero attached hydrogens (tertiary/aromatic N) is 2. The molecule has 2 N–H and O–H groups in total. The summed E-state index contributed by atoms with van der Waals surface area (Å²) < 4.78 is 5.29. The summed E-state index contributed by atoms with van der Waals surface area (Å²) in [6.45, 7) is 1.95.